The summed E-state index contributed by atoms with van der Waals surface area (Å²) >= 11 is 3.54. The molecule has 0 amide bonds. The maximum absolute atomic E-state index is 10.6. The minimum absolute atomic E-state index is 0.00543. The van der Waals surface area contributed by atoms with Gasteiger partial charge in [-0.1, -0.05) is 27.2 Å². The van der Waals surface area contributed by atoms with Crippen LogP contribution in [0.3, 0.4) is 0 Å². The number of carbonyl (C=O) groups is 1. The molecule has 4 rings (SSSR count). The van der Waals surface area contributed by atoms with Gasteiger partial charge in [0.15, 0.2) is 0 Å². The van der Waals surface area contributed by atoms with Gasteiger partial charge >= 0.3 is 6.16 Å². The molecule has 2 aromatic carbocycles. The van der Waals surface area contributed by atoms with Crippen molar-refractivity contribution in [2.24, 2.45) is 0 Å². The molecule has 0 bridgehead atoms. The van der Waals surface area contributed by atoms with Crippen LogP contribution in [0.2, 0.25) is 0 Å². The molecule has 1 N–H and O–H groups in total. The van der Waals surface area contributed by atoms with E-state index in [1.165, 1.54) is 6.07 Å². The number of ether oxygens (including phenoxy) is 2. The highest BCUT2D eigenvalue weighted by molar-refractivity contribution is 9.10. The number of hydrogen-bond acceptors (Lipinski definition) is 8. The van der Waals surface area contributed by atoms with Crippen LogP contribution in [0.25, 0.3) is 22.8 Å². The van der Waals surface area contributed by atoms with Crippen LogP contribution in [0.4, 0.5) is 4.79 Å². The van der Waals surface area contributed by atoms with E-state index in [0.29, 0.717) is 29.2 Å². The van der Waals surface area contributed by atoms with Gasteiger partial charge in [0, 0.05) is 27.9 Å². The lowest BCUT2D eigenvalue weighted by Crippen LogP contribution is -2.06. The van der Waals surface area contributed by atoms with Crippen LogP contribution in [0, 0.1) is 11.3 Å². The van der Waals surface area contributed by atoms with Crippen molar-refractivity contribution >= 4 is 22.1 Å². The second kappa shape index (κ2) is 9.76. The zero-order valence-corrected chi connectivity index (χ0v) is 19.7. The van der Waals surface area contributed by atoms with E-state index in [1.54, 1.807) is 29.1 Å². The summed E-state index contributed by atoms with van der Waals surface area (Å²) in [6.45, 7) is 4.19. The van der Waals surface area contributed by atoms with E-state index < -0.39 is 6.16 Å². The number of carboxylic acid groups (broad SMARTS) is 1. The summed E-state index contributed by atoms with van der Waals surface area (Å²) in [6, 6.07) is 14.3. The van der Waals surface area contributed by atoms with E-state index in [2.05, 4.69) is 42.0 Å². The smallest absolute Gasteiger partial charge is 0.490 e. The van der Waals surface area contributed by atoms with Gasteiger partial charge in [0.05, 0.1) is 18.2 Å². The first kappa shape index (κ1) is 23.0. The van der Waals surface area contributed by atoms with E-state index in [9.17, 15) is 10.1 Å². The van der Waals surface area contributed by atoms with Crippen molar-refractivity contribution in [3.05, 3.63) is 64.3 Å². The maximum atomic E-state index is 10.6. The number of nitriles is 1. The summed E-state index contributed by atoms with van der Waals surface area (Å²) in [7, 11) is 0. The number of hydrogen-bond donors (Lipinski definition) is 1. The minimum atomic E-state index is -1.42. The number of aromatic nitrogens is 4. The fraction of sp³-hybridized carbons (Fsp3) is 0.174. The van der Waals surface area contributed by atoms with Gasteiger partial charge in [-0.25, -0.2) is 4.79 Å². The number of benzene rings is 2. The fourth-order valence-electron chi connectivity index (χ4n) is 3.16. The van der Waals surface area contributed by atoms with E-state index in [1.807, 2.05) is 32.0 Å². The van der Waals surface area contributed by atoms with Crippen molar-refractivity contribution in [3.63, 3.8) is 0 Å². The summed E-state index contributed by atoms with van der Waals surface area (Å²) in [6.07, 6.45) is 0.153. The van der Waals surface area contributed by atoms with Crippen LogP contribution < -0.4 is 9.47 Å². The topological polar surface area (TPSA) is 136 Å². The molecule has 10 nitrogen and oxygen atoms in total. The Morgan fingerprint density at radius 2 is 2.09 bits per heavy atom. The van der Waals surface area contributed by atoms with Crippen LogP contribution in [0.15, 0.2) is 57.7 Å². The molecule has 0 aliphatic heterocycles. The van der Waals surface area contributed by atoms with Crippen LogP contribution in [0.5, 0.6) is 11.6 Å². The number of nitrogens with zero attached hydrogens (tertiary/aromatic N) is 5. The zero-order valence-electron chi connectivity index (χ0n) is 18.1. The Hall–Kier alpha value is -4.17. The highest BCUT2D eigenvalue weighted by Gasteiger charge is 2.16. The molecule has 0 saturated carbocycles. The van der Waals surface area contributed by atoms with Gasteiger partial charge in [0.2, 0.25) is 11.7 Å². The van der Waals surface area contributed by atoms with Crippen LogP contribution in [-0.4, -0.2) is 37.3 Å². The third-order valence-corrected chi connectivity index (χ3v) is 5.22. The molecule has 0 aliphatic rings. The highest BCUT2D eigenvalue weighted by atomic mass is 79.9. The molecule has 0 saturated heterocycles. The summed E-state index contributed by atoms with van der Waals surface area (Å²) in [5, 5.41) is 26.2. The van der Waals surface area contributed by atoms with E-state index in [-0.39, 0.29) is 17.9 Å². The van der Waals surface area contributed by atoms with Gasteiger partial charge in [-0.3, -0.25) is 4.68 Å². The van der Waals surface area contributed by atoms with Crippen molar-refractivity contribution < 1.29 is 23.9 Å². The Labute approximate surface area is 202 Å². The lowest BCUT2D eigenvalue weighted by Gasteiger charge is -2.11. The first-order chi connectivity index (χ1) is 16.3. The van der Waals surface area contributed by atoms with Crippen molar-refractivity contribution in [2.75, 3.05) is 0 Å². The molecule has 0 unspecified atom stereocenters. The number of halogens is 1. The largest absolute Gasteiger partial charge is 0.512 e. The Kier molecular flexibility index (Phi) is 6.60. The molecule has 2 aromatic heterocycles. The van der Waals surface area contributed by atoms with Crippen molar-refractivity contribution in [3.8, 4) is 40.5 Å². The Bertz CT molecular complexity index is 1390. The predicted molar refractivity (Wildman–Crippen MR) is 123 cm³/mol. The molecule has 0 aliphatic carbocycles. The van der Waals surface area contributed by atoms with Gasteiger partial charge in [-0.2, -0.15) is 10.2 Å². The second-order valence-corrected chi connectivity index (χ2v) is 8.30. The van der Waals surface area contributed by atoms with Gasteiger partial charge < -0.3 is 19.1 Å². The molecule has 0 spiro atoms. The first-order valence-corrected chi connectivity index (χ1v) is 10.9. The SMILES string of the molecule is CC(C)Oc1ccc(-c2nc(-c3ccc(Cn4ccc(OC(=O)O)n4)cc3Br)no2)cc1C#N. The molecular formula is C23H18BrN5O5. The Balaban J connectivity index is 1.53. The maximum Gasteiger partial charge on any atom is 0.512 e. The molecule has 4 aromatic rings. The fourth-order valence-corrected chi connectivity index (χ4v) is 3.76. The van der Waals surface area contributed by atoms with Crippen molar-refractivity contribution in [2.45, 2.75) is 26.5 Å². The molecule has 0 fully saturated rings. The van der Waals surface area contributed by atoms with Crippen LogP contribution in [-0.2, 0) is 6.54 Å². The molecular weight excluding hydrogens is 506 g/mol. The van der Waals surface area contributed by atoms with Gasteiger partial charge in [-0.05, 0) is 49.7 Å². The molecule has 34 heavy (non-hydrogen) atoms. The van der Waals surface area contributed by atoms with Gasteiger partial charge in [0.1, 0.15) is 11.8 Å². The van der Waals surface area contributed by atoms with Crippen LogP contribution >= 0.6 is 15.9 Å². The monoisotopic (exact) mass is 523 g/mol. The van der Waals surface area contributed by atoms with E-state index in [4.69, 9.17) is 14.4 Å². The normalized spacial score (nSPS) is 10.8. The molecule has 0 atom stereocenters. The lowest BCUT2D eigenvalue weighted by atomic mass is 10.1. The third kappa shape index (κ3) is 5.24. The standard InChI is InChI=1S/C23H18BrN5O5/c1-13(2)32-19-6-4-15(10-16(19)11-25)22-26-21(28-34-22)17-5-3-14(9-18(17)24)12-29-8-7-20(27-29)33-23(30)31/h3-10,13H,12H2,1-2H3,(H,30,31). The zero-order chi connectivity index (χ0) is 24.2. The van der Waals surface area contributed by atoms with E-state index in [0.717, 1.165) is 15.6 Å². The first-order valence-electron chi connectivity index (χ1n) is 10.1. The Morgan fingerprint density at radius 3 is 2.79 bits per heavy atom. The van der Waals surface area contributed by atoms with Crippen molar-refractivity contribution in [1.29, 1.82) is 5.26 Å². The highest BCUT2D eigenvalue weighted by Crippen LogP contribution is 2.31. The quantitative estimate of drug-likeness (QED) is 0.327. The average molecular weight is 524 g/mol. The Morgan fingerprint density at radius 1 is 1.26 bits per heavy atom. The molecule has 0 radical (unpaired) electrons. The average Bonchev–Trinajstić information content (AvgIpc) is 3.43. The summed E-state index contributed by atoms with van der Waals surface area (Å²) < 4.78 is 17.9. The van der Waals surface area contributed by atoms with Gasteiger partial charge in [0.25, 0.3) is 5.89 Å². The molecule has 11 heteroatoms. The summed E-state index contributed by atoms with van der Waals surface area (Å²) in [4.78, 5) is 15.1. The van der Waals surface area contributed by atoms with Crippen molar-refractivity contribution in [1.82, 2.24) is 19.9 Å². The minimum Gasteiger partial charge on any atom is -0.490 e. The number of rotatable bonds is 7. The van der Waals surface area contributed by atoms with Crippen LogP contribution in [0.1, 0.15) is 25.0 Å². The molecule has 2 heterocycles. The lowest BCUT2D eigenvalue weighted by molar-refractivity contribution is 0.142. The third-order valence-electron chi connectivity index (χ3n) is 4.56. The summed E-state index contributed by atoms with van der Waals surface area (Å²) in [5.74, 6) is 1.16. The van der Waals surface area contributed by atoms with Gasteiger partial charge in [-0.15, -0.1) is 5.10 Å². The predicted octanol–water partition coefficient (Wildman–Crippen LogP) is 5.13. The molecule has 172 valence electrons. The summed E-state index contributed by atoms with van der Waals surface area (Å²) in [5.41, 5.74) is 2.61. The van der Waals surface area contributed by atoms with E-state index >= 15 is 0 Å². The second-order valence-electron chi connectivity index (χ2n) is 7.45.